The van der Waals surface area contributed by atoms with Gasteiger partial charge in [-0.15, -0.1) is 0 Å². The van der Waals surface area contributed by atoms with E-state index in [4.69, 9.17) is 9.47 Å². The third-order valence-electron chi connectivity index (χ3n) is 5.48. The molecule has 6 heteroatoms. The topological polar surface area (TPSA) is 88.4 Å². The molecule has 0 aliphatic carbocycles. The smallest absolute Gasteiger partial charge is 0.338 e. The number of esters is 1. The van der Waals surface area contributed by atoms with Crippen LogP contribution in [0, 0.1) is 11.3 Å². The zero-order valence-corrected chi connectivity index (χ0v) is 19.7. The molecule has 6 nitrogen and oxygen atoms in total. The maximum absolute atomic E-state index is 12.6. The molecule has 0 spiro atoms. The van der Waals surface area contributed by atoms with E-state index in [1.54, 1.807) is 55.5 Å². The summed E-state index contributed by atoms with van der Waals surface area (Å²) in [6.07, 6.45) is 1.51. The summed E-state index contributed by atoms with van der Waals surface area (Å²) in [4.78, 5) is 24.3. The van der Waals surface area contributed by atoms with Crippen LogP contribution in [0.3, 0.4) is 0 Å². The van der Waals surface area contributed by atoms with Gasteiger partial charge in [0, 0.05) is 5.69 Å². The van der Waals surface area contributed by atoms with Crippen molar-refractivity contribution in [3.8, 4) is 11.8 Å². The number of nitriles is 1. The van der Waals surface area contributed by atoms with Crippen LogP contribution in [0.4, 0.5) is 5.69 Å². The zero-order chi connectivity index (χ0) is 25.3. The van der Waals surface area contributed by atoms with Crippen LogP contribution in [0.2, 0.25) is 0 Å². The first-order valence-electron chi connectivity index (χ1n) is 11.5. The highest BCUT2D eigenvalue weighted by Gasteiger charge is 2.11. The van der Waals surface area contributed by atoms with Crippen LogP contribution in [-0.4, -0.2) is 18.5 Å². The summed E-state index contributed by atoms with van der Waals surface area (Å²) in [5, 5.41) is 14.5. The number of nitrogens with one attached hydrogen (secondary N) is 1. The highest BCUT2D eigenvalue weighted by atomic mass is 16.5. The molecule has 0 unspecified atom stereocenters. The van der Waals surface area contributed by atoms with Crippen molar-refractivity contribution in [2.45, 2.75) is 13.5 Å². The first-order valence-corrected chi connectivity index (χ1v) is 11.5. The Morgan fingerprint density at radius 3 is 2.36 bits per heavy atom. The fourth-order valence-electron chi connectivity index (χ4n) is 3.66. The number of nitrogens with zero attached hydrogens (tertiary/aromatic N) is 1. The lowest BCUT2D eigenvalue weighted by Crippen LogP contribution is -2.13. The Kier molecular flexibility index (Phi) is 7.74. The van der Waals surface area contributed by atoms with Gasteiger partial charge < -0.3 is 14.8 Å². The third-order valence-corrected chi connectivity index (χ3v) is 5.48. The SMILES string of the molecule is CCOC(=O)c1ccc(NC(=O)/C(C#N)=C/c2ccc(OCc3cccc4ccccc34)cc2)cc1. The number of carbonyl (C=O) groups is 2. The van der Waals surface area contributed by atoms with E-state index in [0.29, 0.717) is 29.2 Å². The predicted octanol–water partition coefficient (Wildman–Crippen LogP) is 6.14. The maximum atomic E-state index is 12.6. The molecule has 0 bridgehead atoms. The second-order valence-corrected chi connectivity index (χ2v) is 7.92. The number of fused-ring (bicyclic) bond motifs is 1. The Labute approximate surface area is 209 Å². The second-order valence-electron chi connectivity index (χ2n) is 7.92. The Morgan fingerprint density at radius 1 is 0.917 bits per heavy atom. The highest BCUT2D eigenvalue weighted by molar-refractivity contribution is 6.09. The predicted molar refractivity (Wildman–Crippen MR) is 139 cm³/mol. The minimum atomic E-state index is -0.544. The van der Waals surface area contributed by atoms with Gasteiger partial charge in [-0.25, -0.2) is 4.79 Å². The molecule has 1 N–H and O–H groups in total. The number of ether oxygens (including phenoxy) is 2. The lowest BCUT2D eigenvalue weighted by atomic mass is 10.1. The largest absolute Gasteiger partial charge is 0.489 e. The van der Waals surface area contributed by atoms with Crippen LogP contribution in [-0.2, 0) is 16.1 Å². The van der Waals surface area contributed by atoms with E-state index in [9.17, 15) is 14.9 Å². The Balaban J connectivity index is 1.39. The van der Waals surface area contributed by atoms with Crippen molar-refractivity contribution in [3.05, 3.63) is 113 Å². The molecule has 4 aromatic rings. The van der Waals surface area contributed by atoms with Crippen LogP contribution >= 0.6 is 0 Å². The zero-order valence-electron chi connectivity index (χ0n) is 19.7. The van der Waals surface area contributed by atoms with Crippen molar-refractivity contribution in [2.75, 3.05) is 11.9 Å². The van der Waals surface area contributed by atoms with Gasteiger partial charge in [-0.2, -0.15) is 5.26 Å². The monoisotopic (exact) mass is 476 g/mol. The van der Waals surface area contributed by atoms with Crippen LogP contribution in [0.5, 0.6) is 5.75 Å². The van der Waals surface area contributed by atoms with Gasteiger partial charge in [0.1, 0.15) is 24.0 Å². The number of rotatable bonds is 8. The number of hydrogen-bond donors (Lipinski definition) is 1. The minimum Gasteiger partial charge on any atom is -0.489 e. The number of amides is 1. The summed E-state index contributed by atoms with van der Waals surface area (Å²) >= 11 is 0. The molecule has 1 amide bonds. The van der Waals surface area contributed by atoms with Crippen LogP contribution in [0.1, 0.15) is 28.4 Å². The molecule has 0 saturated heterocycles. The Morgan fingerprint density at radius 2 is 1.64 bits per heavy atom. The van der Waals surface area contributed by atoms with Crippen LogP contribution in [0.25, 0.3) is 16.8 Å². The molecule has 36 heavy (non-hydrogen) atoms. The molecule has 0 atom stereocenters. The molecule has 4 aromatic carbocycles. The maximum Gasteiger partial charge on any atom is 0.338 e. The van der Waals surface area contributed by atoms with Crippen molar-refractivity contribution in [1.29, 1.82) is 5.26 Å². The Bertz CT molecular complexity index is 1440. The fourth-order valence-corrected chi connectivity index (χ4v) is 3.66. The average Bonchev–Trinajstić information content (AvgIpc) is 2.91. The first-order chi connectivity index (χ1) is 17.6. The lowest BCUT2D eigenvalue weighted by Gasteiger charge is -2.09. The molecule has 0 fully saturated rings. The van der Waals surface area contributed by atoms with Crippen molar-refractivity contribution >= 4 is 34.4 Å². The summed E-state index contributed by atoms with van der Waals surface area (Å²) in [6.45, 7) is 2.44. The number of anilines is 1. The molecular weight excluding hydrogens is 452 g/mol. The molecule has 4 rings (SSSR count). The second kappa shape index (κ2) is 11.5. The van der Waals surface area contributed by atoms with Crippen molar-refractivity contribution in [2.24, 2.45) is 0 Å². The van der Waals surface area contributed by atoms with E-state index in [1.165, 1.54) is 6.08 Å². The molecule has 0 saturated carbocycles. The first kappa shape index (κ1) is 24.2. The summed E-state index contributed by atoms with van der Waals surface area (Å²) in [7, 11) is 0. The normalized spacial score (nSPS) is 10.9. The van der Waals surface area contributed by atoms with E-state index in [-0.39, 0.29) is 12.2 Å². The molecular formula is C30H24N2O4. The molecule has 0 aliphatic rings. The van der Waals surface area contributed by atoms with Gasteiger partial charge in [0.2, 0.25) is 0 Å². The standard InChI is InChI=1S/C30H24N2O4/c1-2-35-30(34)23-12-14-26(15-13-23)32-29(33)25(19-31)18-21-10-16-27(17-11-21)36-20-24-8-5-7-22-6-3-4-9-28(22)24/h3-18H,2,20H2,1H3,(H,32,33)/b25-18+. The van der Waals surface area contributed by atoms with Gasteiger partial charge in [0.05, 0.1) is 12.2 Å². The number of benzene rings is 4. The summed E-state index contributed by atoms with van der Waals surface area (Å²) in [6, 6.07) is 29.7. The molecule has 178 valence electrons. The number of hydrogen-bond acceptors (Lipinski definition) is 5. The van der Waals surface area contributed by atoms with Gasteiger partial charge in [-0.3, -0.25) is 4.79 Å². The van der Waals surface area contributed by atoms with Crippen molar-refractivity contribution < 1.29 is 19.1 Å². The average molecular weight is 477 g/mol. The fraction of sp³-hybridized carbons (Fsp3) is 0.100. The Hall–Kier alpha value is -4.89. The van der Waals surface area contributed by atoms with Gasteiger partial charge in [-0.1, -0.05) is 54.6 Å². The minimum absolute atomic E-state index is 0.0473. The van der Waals surface area contributed by atoms with E-state index >= 15 is 0 Å². The van der Waals surface area contributed by atoms with Gasteiger partial charge in [0.15, 0.2) is 0 Å². The van der Waals surface area contributed by atoms with E-state index in [0.717, 1.165) is 16.3 Å². The van der Waals surface area contributed by atoms with E-state index in [2.05, 4.69) is 23.5 Å². The van der Waals surface area contributed by atoms with E-state index < -0.39 is 11.9 Å². The lowest BCUT2D eigenvalue weighted by molar-refractivity contribution is -0.112. The van der Waals surface area contributed by atoms with Crippen LogP contribution in [0.15, 0.2) is 96.6 Å². The molecule has 0 aromatic heterocycles. The quantitative estimate of drug-likeness (QED) is 0.187. The van der Waals surface area contributed by atoms with Gasteiger partial charge in [0.25, 0.3) is 5.91 Å². The van der Waals surface area contributed by atoms with Gasteiger partial charge >= 0.3 is 5.97 Å². The van der Waals surface area contributed by atoms with Gasteiger partial charge in [-0.05, 0) is 71.3 Å². The molecule has 0 radical (unpaired) electrons. The highest BCUT2D eigenvalue weighted by Crippen LogP contribution is 2.22. The summed E-state index contributed by atoms with van der Waals surface area (Å²) in [5.74, 6) is -0.292. The van der Waals surface area contributed by atoms with Crippen molar-refractivity contribution in [3.63, 3.8) is 0 Å². The molecule has 0 aliphatic heterocycles. The summed E-state index contributed by atoms with van der Waals surface area (Å²) < 4.78 is 10.9. The molecule has 0 heterocycles. The van der Waals surface area contributed by atoms with E-state index in [1.807, 2.05) is 30.3 Å². The van der Waals surface area contributed by atoms with Crippen molar-refractivity contribution in [1.82, 2.24) is 0 Å². The third kappa shape index (κ3) is 5.96. The van der Waals surface area contributed by atoms with Crippen LogP contribution < -0.4 is 10.1 Å². The summed E-state index contributed by atoms with van der Waals surface area (Å²) in [5.41, 5.74) is 2.58. The number of carbonyl (C=O) groups excluding carboxylic acids is 2.